The Labute approximate surface area is 220 Å². The molecule has 1 aromatic carbocycles. The van der Waals surface area contributed by atoms with Gasteiger partial charge in [-0.1, -0.05) is 27.2 Å². The Morgan fingerprint density at radius 3 is 2.55 bits per heavy atom. The minimum atomic E-state index is -2.20. The summed E-state index contributed by atoms with van der Waals surface area (Å²) < 4.78 is 23.9. The van der Waals surface area contributed by atoms with E-state index in [1.807, 2.05) is 0 Å². The molecule has 0 amide bonds. The number of ether oxygens (including phenoxy) is 4. The second kappa shape index (κ2) is 6.73. The molecule has 38 heavy (non-hydrogen) atoms. The number of methoxy groups -OCH3 is 1. The molecular weight excluding hydrogens is 492 g/mol. The maximum Gasteiger partial charge on any atom is 0.344 e. The molecule has 1 aromatic rings. The van der Waals surface area contributed by atoms with Gasteiger partial charge in [0.2, 0.25) is 11.2 Å². The van der Waals surface area contributed by atoms with Crippen molar-refractivity contribution in [2.75, 3.05) is 7.11 Å². The lowest BCUT2D eigenvalue weighted by Crippen LogP contribution is -2.68. The Hall–Kier alpha value is -3.07. The summed E-state index contributed by atoms with van der Waals surface area (Å²) in [4.78, 5) is 39.4. The Morgan fingerprint density at radius 1 is 1.13 bits per heavy atom. The van der Waals surface area contributed by atoms with Gasteiger partial charge in [0.15, 0.2) is 17.5 Å². The molecule has 1 spiro atoms. The smallest absolute Gasteiger partial charge is 0.344 e. The van der Waals surface area contributed by atoms with Crippen LogP contribution in [0.15, 0.2) is 11.6 Å². The number of hydrogen-bond acceptors (Lipinski definition) is 9. The van der Waals surface area contributed by atoms with Crippen LogP contribution in [-0.2, 0) is 19.1 Å². The molecule has 0 aromatic heterocycles. The van der Waals surface area contributed by atoms with Crippen LogP contribution in [0.3, 0.4) is 0 Å². The highest BCUT2D eigenvalue weighted by atomic mass is 16.7. The first-order valence-corrected chi connectivity index (χ1v) is 13.3. The summed E-state index contributed by atoms with van der Waals surface area (Å²) in [5.41, 5.74) is -5.77. The Balaban J connectivity index is 1.48. The van der Waals surface area contributed by atoms with Gasteiger partial charge in [0.25, 0.3) is 0 Å². The molecule has 3 saturated carbocycles. The van der Waals surface area contributed by atoms with Crippen LogP contribution in [0, 0.1) is 22.7 Å². The summed E-state index contributed by atoms with van der Waals surface area (Å²) in [7, 11) is 1.36. The van der Waals surface area contributed by atoms with Gasteiger partial charge in [-0.05, 0) is 55.4 Å². The molecule has 2 bridgehead atoms. The van der Waals surface area contributed by atoms with E-state index < -0.39 is 57.7 Å². The second-order valence-electron chi connectivity index (χ2n) is 12.9. The van der Waals surface area contributed by atoms with Crippen molar-refractivity contribution >= 4 is 23.8 Å². The van der Waals surface area contributed by atoms with E-state index in [9.17, 15) is 24.6 Å². The lowest BCUT2D eigenvalue weighted by atomic mass is 9.44. The molecular formula is C29H32O9. The van der Waals surface area contributed by atoms with E-state index in [4.69, 9.17) is 18.9 Å². The third kappa shape index (κ3) is 2.26. The number of ketones is 1. The van der Waals surface area contributed by atoms with Crippen molar-refractivity contribution in [3.05, 3.63) is 22.8 Å². The van der Waals surface area contributed by atoms with Crippen LogP contribution in [0.5, 0.6) is 17.2 Å². The Morgan fingerprint density at radius 2 is 1.87 bits per heavy atom. The lowest BCUT2D eigenvalue weighted by molar-refractivity contribution is -0.214. The highest BCUT2D eigenvalue weighted by Crippen LogP contribution is 2.77. The SMILES string of the molecule is COc1cc2c(c(O)c1C(C)=O)C=C1C(=O)O[C@H]3[C@]45CCC6C(C)(C)CCC[C@@]6(C)[C@@H]4[C@](O)(C(=O)O5)[C@]13O2. The van der Waals surface area contributed by atoms with Gasteiger partial charge in [0.05, 0.1) is 24.2 Å². The molecule has 1 unspecified atom stereocenters. The van der Waals surface area contributed by atoms with Crippen molar-refractivity contribution in [1.82, 2.24) is 0 Å². The van der Waals surface area contributed by atoms with Crippen molar-refractivity contribution in [2.24, 2.45) is 22.7 Å². The first-order valence-electron chi connectivity index (χ1n) is 13.3. The fraction of sp³-hybridized carbons (Fsp3) is 0.621. The van der Waals surface area contributed by atoms with Crippen LogP contribution in [0.2, 0.25) is 0 Å². The monoisotopic (exact) mass is 524 g/mol. The Bertz CT molecular complexity index is 1390. The second-order valence-corrected chi connectivity index (χ2v) is 12.9. The van der Waals surface area contributed by atoms with Crippen molar-refractivity contribution in [3.63, 3.8) is 0 Å². The number of fused-ring (bicyclic) bond motifs is 2. The number of phenols is 1. The number of aliphatic hydroxyl groups is 1. The zero-order valence-corrected chi connectivity index (χ0v) is 22.2. The normalized spacial score (nSPS) is 42.9. The minimum Gasteiger partial charge on any atom is -0.506 e. The summed E-state index contributed by atoms with van der Waals surface area (Å²) in [5, 5.41) is 23.7. The Kier molecular flexibility index (Phi) is 4.25. The number of esters is 2. The van der Waals surface area contributed by atoms with Gasteiger partial charge in [-0.25, -0.2) is 9.59 Å². The average Bonchev–Trinajstić information content (AvgIpc) is 3.34. The number of Topliss-reactive ketones (excluding diaryl/α,β-unsaturated/α-hetero) is 1. The van der Waals surface area contributed by atoms with Gasteiger partial charge < -0.3 is 29.2 Å². The van der Waals surface area contributed by atoms with Gasteiger partial charge in [-0.3, -0.25) is 4.79 Å². The molecule has 0 radical (unpaired) electrons. The maximum atomic E-state index is 13.8. The molecule has 7 atom stereocenters. The van der Waals surface area contributed by atoms with E-state index in [1.165, 1.54) is 26.2 Å². The maximum absolute atomic E-state index is 13.8. The highest BCUT2D eigenvalue weighted by Gasteiger charge is 2.94. The highest BCUT2D eigenvalue weighted by molar-refractivity contribution is 6.07. The fourth-order valence-corrected chi connectivity index (χ4v) is 9.74. The fourth-order valence-electron chi connectivity index (χ4n) is 9.74. The van der Waals surface area contributed by atoms with Crippen LogP contribution >= 0.6 is 0 Å². The number of aromatic hydroxyl groups is 1. The van der Waals surface area contributed by atoms with Crippen LogP contribution in [0.25, 0.3) is 6.08 Å². The molecule has 7 rings (SSSR count). The standard InChI is InChI=1S/C29H32O9/c1-13(30)19-17(35-5)12-16-14(20(19)31)11-15-21(32)36-23-27-10-7-18-25(2,3)8-6-9-26(18,4)22(27)28(34,24(33)38-27)29(15,23)37-16/h11-12,18,22-23,31,34H,6-10H2,1-5H3/t18?,22-,23-,26+,27-,28-,29-/m0/s1. The molecule has 2 saturated heterocycles. The minimum absolute atomic E-state index is 0.000435. The van der Waals surface area contributed by atoms with Crippen LogP contribution in [-0.4, -0.2) is 58.0 Å². The number of phenolic OH excluding ortho intramolecular Hbond substituents is 1. The van der Waals surface area contributed by atoms with E-state index >= 15 is 0 Å². The average molecular weight is 525 g/mol. The van der Waals surface area contributed by atoms with Crippen molar-refractivity contribution in [2.45, 2.75) is 82.7 Å². The third-order valence-electron chi connectivity index (χ3n) is 10.9. The molecule has 6 aliphatic rings. The zero-order chi connectivity index (χ0) is 27.2. The number of rotatable bonds is 2. The molecule has 3 aliphatic carbocycles. The van der Waals surface area contributed by atoms with E-state index in [1.54, 1.807) is 0 Å². The number of carbonyl (C=O) groups is 3. The van der Waals surface area contributed by atoms with E-state index in [2.05, 4.69) is 20.8 Å². The van der Waals surface area contributed by atoms with Crippen molar-refractivity contribution in [3.8, 4) is 17.2 Å². The molecule has 3 heterocycles. The lowest BCUT2D eigenvalue weighted by Gasteiger charge is -2.59. The predicted octanol–water partition coefficient (Wildman–Crippen LogP) is 3.33. The molecule has 3 aliphatic heterocycles. The summed E-state index contributed by atoms with van der Waals surface area (Å²) >= 11 is 0. The summed E-state index contributed by atoms with van der Waals surface area (Å²) in [6, 6.07) is 1.45. The molecule has 9 nitrogen and oxygen atoms in total. The first kappa shape index (κ1) is 24.0. The number of carbonyl (C=O) groups excluding carboxylic acids is 3. The summed E-state index contributed by atoms with van der Waals surface area (Å²) in [6.45, 7) is 7.92. The quantitative estimate of drug-likeness (QED) is 0.442. The molecule has 5 fully saturated rings. The number of hydrogen-bond donors (Lipinski definition) is 2. The largest absolute Gasteiger partial charge is 0.506 e. The van der Waals surface area contributed by atoms with Gasteiger partial charge in [0, 0.05) is 6.07 Å². The first-order chi connectivity index (χ1) is 17.8. The predicted molar refractivity (Wildman–Crippen MR) is 132 cm³/mol. The van der Waals surface area contributed by atoms with Crippen molar-refractivity contribution in [1.29, 1.82) is 0 Å². The van der Waals surface area contributed by atoms with Gasteiger partial charge in [0.1, 0.15) is 22.8 Å². The molecule has 9 heteroatoms. The third-order valence-corrected chi connectivity index (χ3v) is 10.9. The van der Waals surface area contributed by atoms with Crippen LogP contribution in [0.1, 0.15) is 75.7 Å². The van der Waals surface area contributed by atoms with Gasteiger partial charge in [-0.15, -0.1) is 0 Å². The van der Waals surface area contributed by atoms with E-state index in [0.717, 1.165) is 25.7 Å². The molecule has 2 N–H and O–H groups in total. The van der Waals surface area contributed by atoms with E-state index in [-0.39, 0.29) is 39.5 Å². The van der Waals surface area contributed by atoms with E-state index in [0.29, 0.717) is 6.42 Å². The summed E-state index contributed by atoms with van der Waals surface area (Å²) in [5.74, 6) is -2.66. The number of benzene rings is 1. The van der Waals surface area contributed by atoms with Gasteiger partial charge >= 0.3 is 11.9 Å². The zero-order valence-electron chi connectivity index (χ0n) is 22.2. The summed E-state index contributed by atoms with van der Waals surface area (Å²) in [6.07, 6.45) is 4.33. The topological polar surface area (TPSA) is 129 Å². The van der Waals surface area contributed by atoms with Crippen LogP contribution in [0.4, 0.5) is 0 Å². The van der Waals surface area contributed by atoms with Crippen LogP contribution < -0.4 is 9.47 Å². The van der Waals surface area contributed by atoms with Crippen molar-refractivity contribution < 1.29 is 43.5 Å². The van der Waals surface area contributed by atoms with Gasteiger partial charge in [-0.2, -0.15) is 0 Å². The molecule has 202 valence electrons.